The number of H-pyrrole nitrogens is 1. The second-order valence-corrected chi connectivity index (χ2v) is 9.22. The number of carbonyl (C=O) groups is 1. The molecule has 0 saturated carbocycles. The summed E-state index contributed by atoms with van der Waals surface area (Å²) >= 11 is 0. The molecule has 0 radical (unpaired) electrons. The second-order valence-electron chi connectivity index (χ2n) is 7.25. The van der Waals surface area contributed by atoms with Crippen molar-refractivity contribution in [2.45, 2.75) is 18.7 Å². The summed E-state index contributed by atoms with van der Waals surface area (Å²) in [5.74, 6) is -0.555. The number of aromatic amines is 1. The van der Waals surface area contributed by atoms with Crippen molar-refractivity contribution in [1.29, 1.82) is 0 Å². The molecule has 0 fully saturated rings. The maximum Gasteiger partial charge on any atom is 0.264 e. The van der Waals surface area contributed by atoms with Gasteiger partial charge in [0, 0.05) is 37.8 Å². The third-order valence-electron chi connectivity index (χ3n) is 5.05. The summed E-state index contributed by atoms with van der Waals surface area (Å²) < 4.78 is 32.6. The molecule has 2 N–H and O–H groups in total. The van der Waals surface area contributed by atoms with Gasteiger partial charge in [0.05, 0.1) is 17.2 Å². The average Bonchev–Trinajstić information content (AvgIpc) is 2.75. The summed E-state index contributed by atoms with van der Waals surface area (Å²) in [6, 6.07) is 9.82. The number of sulfonamides is 1. The van der Waals surface area contributed by atoms with Crippen molar-refractivity contribution in [2.75, 3.05) is 31.6 Å². The van der Waals surface area contributed by atoms with Crippen molar-refractivity contribution < 1.29 is 17.9 Å². The largest absolute Gasteiger partial charge is 0.383 e. The van der Waals surface area contributed by atoms with Crippen molar-refractivity contribution in [3.05, 3.63) is 69.5 Å². The van der Waals surface area contributed by atoms with Gasteiger partial charge in [-0.2, -0.15) is 0 Å². The smallest absolute Gasteiger partial charge is 0.264 e. The number of aromatic nitrogens is 1. The van der Waals surface area contributed by atoms with E-state index in [0.29, 0.717) is 17.8 Å². The van der Waals surface area contributed by atoms with E-state index in [1.807, 2.05) is 26.0 Å². The topological polar surface area (TPSA) is 109 Å². The summed E-state index contributed by atoms with van der Waals surface area (Å²) in [5.41, 5.74) is 2.09. The normalized spacial score (nSPS) is 11.5. The van der Waals surface area contributed by atoms with Gasteiger partial charge in [-0.3, -0.25) is 13.9 Å². The Morgan fingerprint density at radius 3 is 2.61 bits per heavy atom. The van der Waals surface area contributed by atoms with Crippen LogP contribution in [0.2, 0.25) is 0 Å². The van der Waals surface area contributed by atoms with E-state index in [0.717, 1.165) is 11.1 Å². The highest BCUT2D eigenvalue weighted by Gasteiger charge is 2.24. The lowest BCUT2D eigenvalue weighted by atomic mass is 10.1. The van der Waals surface area contributed by atoms with E-state index in [1.165, 1.54) is 42.9 Å². The standard InChI is InChI=1S/C22H25N3O5S/c1-14-5-6-15(2)20(11-14)25(3)31(28,29)16-7-8-19-17(12-16)21(26)18(13-24-19)22(27)23-9-10-30-4/h5-8,11-13H,9-10H2,1-4H3,(H,23,27)(H,24,26). The molecule has 0 aliphatic carbocycles. The van der Waals surface area contributed by atoms with E-state index < -0.39 is 21.4 Å². The molecule has 1 heterocycles. The van der Waals surface area contributed by atoms with Gasteiger partial charge in [0.2, 0.25) is 5.43 Å². The summed E-state index contributed by atoms with van der Waals surface area (Å²) in [6.07, 6.45) is 1.32. The number of nitrogens with one attached hydrogen (secondary N) is 2. The lowest BCUT2D eigenvalue weighted by Crippen LogP contribution is -2.31. The van der Waals surface area contributed by atoms with Gasteiger partial charge in [0.15, 0.2) is 0 Å². The van der Waals surface area contributed by atoms with Crippen LogP contribution in [0.15, 0.2) is 52.3 Å². The number of aryl methyl sites for hydroxylation is 2. The fraction of sp³-hybridized carbons (Fsp3) is 0.273. The fourth-order valence-electron chi connectivity index (χ4n) is 3.23. The summed E-state index contributed by atoms with van der Waals surface area (Å²) in [6.45, 7) is 4.28. The van der Waals surface area contributed by atoms with Crippen LogP contribution in [0.5, 0.6) is 0 Å². The molecule has 0 spiro atoms. The first-order valence-corrected chi connectivity index (χ1v) is 11.1. The van der Waals surface area contributed by atoms with Gasteiger partial charge >= 0.3 is 0 Å². The Balaban J connectivity index is 2.04. The minimum Gasteiger partial charge on any atom is -0.383 e. The first-order valence-electron chi connectivity index (χ1n) is 9.65. The average molecular weight is 444 g/mol. The van der Waals surface area contributed by atoms with Crippen LogP contribution >= 0.6 is 0 Å². The van der Waals surface area contributed by atoms with E-state index >= 15 is 0 Å². The molecule has 1 amide bonds. The molecule has 9 heteroatoms. The first-order chi connectivity index (χ1) is 14.7. The van der Waals surface area contributed by atoms with Crippen molar-refractivity contribution in [2.24, 2.45) is 0 Å². The molecule has 3 aromatic rings. The molecule has 1 aromatic heterocycles. The summed E-state index contributed by atoms with van der Waals surface area (Å²) in [7, 11) is -0.943. The molecule has 164 valence electrons. The number of amides is 1. The number of benzene rings is 2. The Bertz CT molecular complexity index is 1300. The SMILES string of the molecule is COCCNC(=O)c1c[nH]c2ccc(S(=O)(=O)N(C)c3cc(C)ccc3C)cc2c1=O. The molecule has 3 rings (SSSR count). The van der Waals surface area contributed by atoms with E-state index in [1.54, 1.807) is 6.07 Å². The van der Waals surface area contributed by atoms with Crippen LogP contribution < -0.4 is 15.1 Å². The van der Waals surface area contributed by atoms with Crippen LogP contribution in [-0.2, 0) is 14.8 Å². The maximum atomic E-state index is 13.3. The number of fused-ring (bicyclic) bond motifs is 1. The number of carbonyl (C=O) groups excluding carboxylic acids is 1. The molecular weight excluding hydrogens is 418 g/mol. The van der Waals surface area contributed by atoms with E-state index in [4.69, 9.17) is 4.74 Å². The first kappa shape index (κ1) is 22.5. The van der Waals surface area contributed by atoms with E-state index in [2.05, 4.69) is 10.3 Å². The van der Waals surface area contributed by atoms with Crippen molar-refractivity contribution in [3.8, 4) is 0 Å². The molecule has 0 aliphatic heterocycles. The number of methoxy groups -OCH3 is 1. The lowest BCUT2D eigenvalue weighted by molar-refractivity contribution is 0.0936. The Hall–Kier alpha value is -3.17. The van der Waals surface area contributed by atoms with Gasteiger partial charge in [-0.25, -0.2) is 8.42 Å². The van der Waals surface area contributed by atoms with Gasteiger partial charge < -0.3 is 15.0 Å². The number of anilines is 1. The lowest BCUT2D eigenvalue weighted by Gasteiger charge is -2.22. The third-order valence-corrected chi connectivity index (χ3v) is 6.82. The van der Waals surface area contributed by atoms with Crippen LogP contribution in [0.25, 0.3) is 10.9 Å². The van der Waals surface area contributed by atoms with Gasteiger partial charge in [-0.05, 0) is 49.2 Å². The van der Waals surface area contributed by atoms with Gasteiger partial charge in [-0.1, -0.05) is 12.1 Å². The zero-order valence-corrected chi connectivity index (χ0v) is 18.7. The third kappa shape index (κ3) is 4.47. The Morgan fingerprint density at radius 1 is 1.16 bits per heavy atom. The molecule has 0 unspecified atom stereocenters. The summed E-state index contributed by atoms with van der Waals surface area (Å²) in [4.78, 5) is 28.1. The molecule has 0 atom stereocenters. The number of ether oxygens (including phenoxy) is 1. The van der Waals surface area contributed by atoms with Crippen molar-refractivity contribution in [3.63, 3.8) is 0 Å². The highest BCUT2D eigenvalue weighted by atomic mass is 32.2. The molecule has 2 aromatic carbocycles. The number of hydrogen-bond donors (Lipinski definition) is 2. The highest BCUT2D eigenvalue weighted by Crippen LogP contribution is 2.27. The van der Waals surface area contributed by atoms with E-state index in [9.17, 15) is 18.0 Å². The van der Waals surface area contributed by atoms with Crippen LogP contribution in [0.3, 0.4) is 0 Å². The molecule has 0 bridgehead atoms. The Kier molecular flexibility index (Phi) is 6.47. The van der Waals surface area contributed by atoms with Gasteiger partial charge in [0.1, 0.15) is 5.56 Å². The van der Waals surface area contributed by atoms with Gasteiger partial charge in [0.25, 0.3) is 15.9 Å². The predicted molar refractivity (Wildman–Crippen MR) is 120 cm³/mol. The number of nitrogens with zero attached hydrogens (tertiary/aromatic N) is 1. The maximum absolute atomic E-state index is 13.3. The number of rotatable bonds is 7. The molecule has 0 saturated heterocycles. The Labute approximate surface area is 180 Å². The van der Waals surface area contributed by atoms with Gasteiger partial charge in [-0.15, -0.1) is 0 Å². The zero-order chi connectivity index (χ0) is 22.8. The molecule has 31 heavy (non-hydrogen) atoms. The van der Waals surface area contributed by atoms with Crippen molar-refractivity contribution in [1.82, 2.24) is 10.3 Å². The fourth-order valence-corrected chi connectivity index (χ4v) is 4.51. The predicted octanol–water partition coefficient (Wildman–Crippen LogP) is 2.35. The number of hydrogen-bond acceptors (Lipinski definition) is 5. The minimum absolute atomic E-state index is 0.0363. The highest BCUT2D eigenvalue weighted by molar-refractivity contribution is 7.92. The van der Waals surface area contributed by atoms with Crippen LogP contribution in [0.4, 0.5) is 5.69 Å². The zero-order valence-electron chi connectivity index (χ0n) is 17.9. The van der Waals surface area contributed by atoms with Crippen LogP contribution in [-0.4, -0.2) is 46.6 Å². The van der Waals surface area contributed by atoms with E-state index in [-0.39, 0.29) is 22.4 Å². The van der Waals surface area contributed by atoms with Crippen LogP contribution in [0.1, 0.15) is 21.5 Å². The van der Waals surface area contributed by atoms with Crippen LogP contribution in [0, 0.1) is 13.8 Å². The molecule has 8 nitrogen and oxygen atoms in total. The Morgan fingerprint density at radius 2 is 1.90 bits per heavy atom. The minimum atomic E-state index is -3.93. The quantitative estimate of drug-likeness (QED) is 0.545. The molecular formula is C22H25N3O5S. The summed E-state index contributed by atoms with van der Waals surface area (Å²) in [5, 5.41) is 2.71. The van der Waals surface area contributed by atoms with Crippen molar-refractivity contribution >= 4 is 32.5 Å². The second kappa shape index (κ2) is 8.91. The number of pyridine rings is 1. The monoisotopic (exact) mass is 443 g/mol. The molecule has 0 aliphatic rings.